The number of rotatable bonds is 4. The van der Waals surface area contributed by atoms with E-state index in [-0.39, 0.29) is 17.8 Å². The Morgan fingerprint density at radius 1 is 0.697 bits per heavy atom. The van der Waals surface area contributed by atoms with Gasteiger partial charge >= 0.3 is 0 Å². The molecule has 3 nitrogen and oxygen atoms in total. The summed E-state index contributed by atoms with van der Waals surface area (Å²) in [5.41, 5.74) is 4.69. The lowest BCUT2D eigenvalue weighted by Crippen LogP contribution is -2.37. The van der Waals surface area contributed by atoms with Gasteiger partial charge in [-0.15, -0.1) is 5.06 Å². The van der Waals surface area contributed by atoms with Gasteiger partial charge in [0.2, 0.25) is 0 Å². The van der Waals surface area contributed by atoms with Gasteiger partial charge in [-0.1, -0.05) is 107 Å². The Labute approximate surface area is 203 Å². The number of hydroxylamine groups is 2. The molecule has 2 saturated heterocycles. The lowest BCUT2D eigenvalue weighted by atomic mass is 9.84. The first kappa shape index (κ1) is 20.7. The fraction of sp³-hybridized carbons (Fsp3) is 0.172. The van der Waals surface area contributed by atoms with Crippen molar-refractivity contribution in [1.82, 2.24) is 5.06 Å². The van der Waals surface area contributed by atoms with E-state index in [0.717, 1.165) is 17.4 Å². The summed E-state index contributed by atoms with van der Waals surface area (Å²) < 4.78 is 1.08. The van der Waals surface area contributed by atoms with E-state index in [1.54, 1.807) is 0 Å². The van der Waals surface area contributed by atoms with Crippen molar-refractivity contribution in [2.24, 2.45) is 0 Å². The van der Waals surface area contributed by atoms with Crippen molar-refractivity contribution in [2.45, 2.75) is 24.2 Å². The zero-order chi connectivity index (χ0) is 22.3. The lowest BCUT2D eigenvalue weighted by molar-refractivity contribution is -0.198. The molecule has 2 fully saturated rings. The number of hydrogen-bond acceptors (Lipinski definition) is 3. The van der Waals surface area contributed by atoms with Crippen molar-refractivity contribution >= 4 is 21.6 Å². The predicted octanol–water partition coefficient (Wildman–Crippen LogP) is 7.24. The van der Waals surface area contributed by atoms with Gasteiger partial charge in [-0.3, -0.25) is 4.84 Å². The molecule has 3 atom stereocenters. The number of fused-ring (bicyclic) bond motifs is 1. The van der Waals surface area contributed by atoms with Crippen molar-refractivity contribution < 1.29 is 4.84 Å². The molecular weight excluding hydrogens is 472 g/mol. The zero-order valence-electron chi connectivity index (χ0n) is 18.2. The van der Waals surface area contributed by atoms with Crippen LogP contribution in [0.15, 0.2) is 120 Å². The standard InChI is InChI=1S/C29H25BrN2O/c30-25-16-18-26(19-17-25)31-21-29(24-14-8-3-9-15-24)20-27(22-10-4-1-5-11-22)33-32(29)28(31)23-12-6-2-7-13-23/h1-19,27-28H,20-21H2/t27-,28+,29+/m1/s1. The second-order valence-corrected chi connectivity index (χ2v) is 9.74. The van der Waals surface area contributed by atoms with Crippen molar-refractivity contribution in [3.8, 4) is 0 Å². The maximum atomic E-state index is 6.85. The minimum Gasteiger partial charge on any atom is -0.348 e. The Hall–Kier alpha value is -2.92. The third-order valence-electron chi connectivity index (χ3n) is 6.87. The lowest BCUT2D eigenvalue weighted by Gasteiger charge is -2.32. The normalized spacial score (nSPS) is 24.7. The van der Waals surface area contributed by atoms with Crippen LogP contribution in [0.3, 0.4) is 0 Å². The molecule has 0 spiro atoms. The average molecular weight is 497 g/mol. The van der Waals surface area contributed by atoms with E-state index >= 15 is 0 Å². The van der Waals surface area contributed by atoms with Gasteiger partial charge in [0.05, 0.1) is 5.54 Å². The first-order valence-electron chi connectivity index (χ1n) is 11.4. The predicted molar refractivity (Wildman–Crippen MR) is 136 cm³/mol. The molecule has 0 aliphatic carbocycles. The SMILES string of the molecule is Brc1ccc(N2C[C@]3(c4ccccc4)C[C@H](c4ccccc4)ON3[C@H]2c2ccccc2)cc1. The second kappa shape index (κ2) is 8.45. The molecule has 4 aromatic rings. The third-order valence-corrected chi connectivity index (χ3v) is 7.40. The van der Waals surface area contributed by atoms with Crippen LogP contribution in [0.1, 0.15) is 35.4 Å². The molecule has 0 bridgehead atoms. The Kier molecular flexibility index (Phi) is 5.30. The molecule has 4 heteroatoms. The molecule has 2 aliphatic heterocycles. The van der Waals surface area contributed by atoms with Gasteiger partial charge in [-0.2, -0.15) is 0 Å². The molecular formula is C29H25BrN2O. The summed E-state index contributed by atoms with van der Waals surface area (Å²) in [6.45, 7) is 0.849. The van der Waals surface area contributed by atoms with E-state index in [1.807, 2.05) is 0 Å². The number of anilines is 1. The molecule has 33 heavy (non-hydrogen) atoms. The zero-order valence-corrected chi connectivity index (χ0v) is 19.8. The number of halogens is 1. The summed E-state index contributed by atoms with van der Waals surface area (Å²) in [7, 11) is 0. The van der Waals surface area contributed by atoms with Crippen molar-refractivity contribution in [2.75, 3.05) is 11.4 Å². The molecule has 164 valence electrons. The Morgan fingerprint density at radius 2 is 1.27 bits per heavy atom. The summed E-state index contributed by atoms with van der Waals surface area (Å²) >= 11 is 3.59. The molecule has 2 heterocycles. The minimum atomic E-state index is -0.255. The van der Waals surface area contributed by atoms with Crippen LogP contribution < -0.4 is 4.90 Å². The van der Waals surface area contributed by atoms with Crippen LogP contribution in [0.2, 0.25) is 0 Å². The summed E-state index contributed by atoms with van der Waals surface area (Å²) in [6, 6.07) is 40.8. The van der Waals surface area contributed by atoms with Crippen LogP contribution >= 0.6 is 15.9 Å². The Balaban J connectivity index is 1.50. The molecule has 6 rings (SSSR count). The van der Waals surface area contributed by atoms with E-state index in [0.29, 0.717) is 0 Å². The van der Waals surface area contributed by atoms with Crippen LogP contribution in [0.25, 0.3) is 0 Å². The van der Waals surface area contributed by atoms with Crippen LogP contribution in [0.5, 0.6) is 0 Å². The van der Waals surface area contributed by atoms with Gasteiger partial charge in [0.15, 0.2) is 0 Å². The topological polar surface area (TPSA) is 15.7 Å². The molecule has 0 unspecified atom stereocenters. The Morgan fingerprint density at radius 3 is 1.91 bits per heavy atom. The quantitative estimate of drug-likeness (QED) is 0.296. The number of nitrogens with zero attached hydrogens (tertiary/aromatic N) is 2. The summed E-state index contributed by atoms with van der Waals surface area (Å²) in [5, 5.41) is 2.28. The second-order valence-electron chi connectivity index (χ2n) is 8.82. The van der Waals surface area contributed by atoms with E-state index in [9.17, 15) is 0 Å². The molecule has 0 amide bonds. The summed E-state index contributed by atoms with van der Waals surface area (Å²) in [4.78, 5) is 9.34. The average Bonchev–Trinajstić information content (AvgIpc) is 3.41. The van der Waals surface area contributed by atoms with E-state index in [1.165, 1.54) is 22.4 Å². The Bertz CT molecular complexity index is 1220. The molecule has 0 aromatic heterocycles. The highest BCUT2D eigenvalue weighted by Crippen LogP contribution is 2.56. The largest absolute Gasteiger partial charge is 0.348 e. The minimum absolute atomic E-state index is 0.0182. The van der Waals surface area contributed by atoms with Gasteiger partial charge in [-0.05, 0) is 41.0 Å². The van der Waals surface area contributed by atoms with Crippen molar-refractivity contribution in [3.63, 3.8) is 0 Å². The fourth-order valence-electron chi connectivity index (χ4n) is 5.33. The van der Waals surface area contributed by atoms with Gasteiger partial charge in [-0.25, -0.2) is 0 Å². The third kappa shape index (κ3) is 3.59. The van der Waals surface area contributed by atoms with Crippen LogP contribution in [0, 0.1) is 0 Å². The maximum absolute atomic E-state index is 6.85. The highest BCUT2D eigenvalue weighted by molar-refractivity contribution is 9.10. The number of hydrogen-bond donors (Lipinski definition) is 0. The van der Waals surface area contributed by atoms with Gasteiger partial charge in [0.1, 0.15) is 12.3 Å². The van der Waals surface area contributed by atoms with Gasteiger partial charge in [0.25, 0.3) is 0 Å². The maximum Gasteiger partial charge on any atom is 0.132 e. The highest BCUT2D eigenvalue weighted by Gasteiger charge is 2.59. The first-order chi connectivity index (χ1) is 16.2. The molecule has 0 saturated carbocycles. The van der Waals surface area contributed by atoms with Crippen LogP contribution in [-0.4, -0.2) is 11.6 Å². The van der Waals surface area contributed by atoms with E-state index < -0.39 is 0 Å². The first-order valence-corrected chi connectivity index (χ1v) is 12.2. The molecule has 0 radical (unpaired) electrons. The van der Waals surface area contributed by atoms with Crippen molar-refractivity contribution in [1.29, 1.82) is 0 Å². The number of benzene rings is 4. The molecule has 0 N–H and O–H groups in total. The van der Waals surface area contributed by atoms with Crippen LogP contribution in [-0.2, 0) is 10.4 Å². The smallest absolute Gasteiger partial charge is 0.132 e. The van der Waals surface area contributed by atoms with E-state index in [2.05, 4.69) is 141 Å². The van der Waals surface area contributed by atoms with Crippen LogP contribution in [0.4, 0.5) is 5.69 Å². The van der Waals surface area contributed by atoms with E-state index in [4.69, 9.17) is 4.84 Å². The molecule has 4 aromatic carbocycles. The van der Waals surface area contributed by atoms with Gasteiger partial charge < -0.3 is 4.90 Å². The fourth-order valence-corrected chi connectivity index (χ4v) is 5.59. The van der Waals surface area contributed by atoms with Crippen molar-refractivity contribution in [3.05, 3.63) is 136 Å². The summed E-state index contributed by atoms with van der Waals surface area (Å²) in [6.07, 6.45) is 0.892. The molecule has 2 aliphatic rings. The van der Waals surface area contributed by atoms with Gasteiger partial charge in [0, 0.05) is 23.1 Å². The highest BCUT2D eigenvalue weighted by atomic mass is 79.9. The monoisotopic (exact) mass is 496 g/mol. The summed E-state index contributed by atoms with van der Waals surface area (Å²) in [5.74, 6) is 0.